The molecule has 0 spiro atoms. The number of hydrogen-bond donors (Lipinski definition) is 2. The molecule has 0 bridgehead atoms. The number of aliphatic hydroxyl groups is 1. The average Bonchev–Trinajstić information content (AvgIpc) is 2.68. The van der Waals surface area contributed by atoms with Gasteiger partial charge < -0.3 is 9.67 Å². The highest BCUT2D eigenvalue weighted by atomic mass is 32.2. The molecule has 1 saturated carbocycles. The fourth-order valence-electron chi connectivity index (χ4n) is 2.76. The van der Waals surface area contributed by atoms with Crippen molar-refractivity contribution in [3.05, 3.63) is 12.0 Å². The highest BCUT2D eigenvalue weighted by Gasteiger charge is 2.28. The van der Waals surface area contributed by atoms with Gasteiger partial charge in [0.2, 0.25) is 0 Å². The first-order valence-corrected chi connectivity index (χ1v) is 9.16. The second-order valence-corrected chi connectivity index (χ2v) is 7.41. The molecular formula is C14H25N3O3S. The second kappa shape index (κ2) is 6.89. The quantitative estimate of drug-likeness (QED) is 0.808. The number of aryl methyl sites for hydroxylation is 2. The minimum absolute atomic E-state index is 0.0462. The van der Waals surface area contributed by atoms with Crippen LogP contribution in [0, 0.1) is 6.92 Å². The Balaban J connectivity index is 2.15. The fourth-order valence-corrected chi connectivity index (χ4v) is 4.07. The molecule has 0 aromatic carbocycles. The summed E-state index contributed by atoms with van der Waals surface area (Å²) in [4.78, 5) is 4.15. The van der Waals surface area contributed by atoms with Crippen LogP contribution in [0.3, 0.4) is 0 Å². The van der Waals surface area contributed by atoms with Crippen molar-refractivity contribution < 1.29 is 13.5 Å². The van der Waals surface area contributed by atoms with Crippen molar-refractivity contribution in [2.24, 2.45) is 0 Å². The Morgan fingerprint density at radius 2 is 2.10 bits per heavy atom. The summed E-state index contributed by atoms with van der Waals surface area (Å²) < 4.78 is 29.3. The molecule has 21 heavy (non-hydrogen) atoms. The summed E-state index contributed by atoms with van der Waals surface area (Å²) in [5.74, 6) is 0.693. The minimum Gasteiger partial charge on any atom is -0.391 e. The normalized spacial score (nSPS) is 24.0. The molecule has 1 aliphatic carbocycles. The molecule has 1 fully saturated rings. The first-order valence-electron chi connectivity index (χ1n) is 7.68. The maximum absolute atomic E-state index is 12.4. The summed E-state index contributed by atoms with van der Waals surface area (Å²) in [5.41, 5.74) is 0. The van der Waals surface area contributed by atoms with Crippen LogP contribution in [0.4, 0.5) is 0 Å². The number of nitrogens with one attached hydrogen (secondary N) is 1. The molecule has 0 saturated heterocycles. The van der Waals surface area contributed by atoms with Crippen molar-refractivity contribution in [1.29, 1.82) is 0 Å². The predicted molar refractivity (Wildman–Crippen MR) is 80.5 cm³/mol. The Morgan fingerprint density at radius 3 is 2.81 bits per heavy atom. The van der Waals surface area contributed by atoms with Crippen molar-refractivity contribution in [1.82, 2.24) is 14.3 Å². The van der Waals surface area contributed by atoms with Gasteiger partial charge in [0.1, 0.15) is 5.82 Å². The number of nitrogens with zero attached hydrogens (tertiary/aromatic N) is 2. The van der Waals surface area contributed by atoms with Gasteiger partial charge in [-0.25, -0.2) is 18.1 Å². The first kappa shape index (κ1) is 16.5. The zero-order valence-electron chi connectivity index (χ0n) is 12.7. The molecule has 1 aromatic heterocycles. The van der Waals surface area contributed by atoms with Crippen LogP contribution < -0.4 is 4.72 Å². The molecule has 1 aromatic rings. The highest BCUT2D eigenvalue weighted by Crippen LogP contribution is 2.20. The van der Waals surface area contributed by atoms with Crippen LogP contribution in [0.2, 0.25) is 0 Å². The number of rotatable bonds is 5. The van der Waals surface area contributed by atoms with Crippen LogP contribution in [0.5, 0.6) is 0 Å². The Kier molecular flexibility index (Phi) is 5.40. The number of imidazole rings is 1. The molecule has 0 radical (unpaired) electrons. The molecule has 1 aliphatic rings. The van der Waals surface area contributed by atoms with Crippen molar-refractivity contribution in [3.8, 4) is 0 Å². The molecular weight excluding hydrogens is 290 g/mol. The van der Waals surface area contributed by atoms with Crippen LogP contribution in [0.15, 0.2) is 11.2 Å². The van der Waals surface area contributed by atoms with Gasteiger partial charge in [0.25, 0.3) is 10.0 Å². The molecule has 0 aliphatic heterocycles. The smallest absolute Gasteiger partial charge is 0.259 e. The van der Waals surface area contributed by atoms with E-state index in [1.165, 1.54) is 0 Å². The summed E-state index contributed by atoms with van der Waals surface area (Å²) >= 11 is 0. The highest BCUT2D eigenvalue weighted by molar-refractivity contribution is 7.89. The van der Waals surface area contributed by atoms with E-state index < -0.39 is 22.2 Å². The molecule has 6 nitrogen and oxygen atoms in total. The van der Waals surface area contributed by atoms with Crippen molar-refractivity contribution >= 4 is 10.0 Å². The van der Waals surface area contributed by atoms with E-state index in [9.17, 15) is 13.5 Å². The molecule has 2 N–H and O–H groups in total. The lowest BCUT2D eigenvalue weighted by atomic mass is 10.1. The summed E-state index contributed by atoms with van der Waals surface area (Å²) in [6.07, 6.45) is 6.14. The van der Waals surface area contributed by atoms with Gasteiger partial charge >= 0.3 is 0 Å². The topological polar surface area (TPSA) is 84.2 Å². The molecule has 2 unspecified atom stereocenters. The molecule has 7 heteroatoms. The molecule has 0 amide bonds. The van der Waals surface area contributed by atoms with E-state index in [1.54, 1.807) is 13.1 Å². The monoisotopic (exact) mass is 315 g/mol. The van der Waals surface area contributed by atoms with Gasteiger partial charge in [-0.2, -0.15) is 0 Å². The lowest BCUT2D eigenvalue weighted by molar-refractivity contribution is 0.130. The Hall–Kier alpha value is -0.920. The summed E-state index contributed by atoms with van der Waals surface area (Å²) in [6, 6.07) is -0.408. The largest absolute Gasteiger partial charge is 0.391 e. The number of hydrogen-bond acceptors (Lipinski definition) is 4. The standard InChI is InChI=1S/C14H25N3O3S/c1-3-9-17-10-14(15-11(17)2)21(19,20)16-12-7-5-4-6-8-13(12)18/h10,12-13,16,18H,3-9H2,1-2H3. The average molecular weight is 315 g/mol. The Bertz CT molecular complexity index is 568. The number of aliphatic hydroxyl groups excluding tert-OH is 1. The van der Waals surface area contributed by atoms with Gasteiger partial charge in [-0.05, 0) is 26.2 Å². The zero-order valence-corrected chi connectivity index (χ0v) is 13.6. The molecule has 120 valence electrons. The first-order chi connectivity index (χ1) is 9.94. The third-order valence-corrected chi connectivity index (χ3v) is 5.34. The Morgan fingerprint density at radius 1 is 1.38 bits per heavy atom. The van der Waals surface area contributed by atoms with E-state index in [1.807, 2.05) is 11.5 Å². The van der Waals surface area contributed by atoms with Gasteiger partial charge in [0.15, 0.2) is 5.03 Å². The molecule has 2 rings (SSSR count). The SMILES string of the molecule is CCCn1cc(S(=O)(=O)NC2CCCCCC2O)nc1C. The summed E-state index contributed by atoms with van der Waals surface area (Å²) in [6.45, 7) is 4.59. The van der Waals surface area contributed by atoms with Gasteiger partial charge in [-0.3, -0.25) is 0 Å². The van der Waals surface area contributed by atoms with Gasteiger partial charge in [-0.15, -0.1) is 0 Å². The van der Waals surface area contributed by atoms with E-state index >= 15 is 0 Å². The third-order valence-electron chi connectivity index (χ3n) is 3.98. The van der Waals surface area contributed by atoms with E-state index in [0.717, 1.165) is 32.2 Å². The van der Waals surface area contributed by atoms with Gasteiger partial charge in [0, 0.05) is 18.8 Å². The van der Waals surface area contributed by atoms with Crippen molar-refractivity contribution in [3.63, 3.8) is 0 Å². The third kappa shape index (κ3) is 4.05. The van der Waals surface area contributed by atoms with Crippen molar-refractivity contribution in [2.75, 3.05) is 0 Å². The van der Waals surface area contributed by atoms with Crippen LogP contribution in [-0.4, -0.2) is 35.2 Å². The molecule has 2 atom stereocenters. The van der Waals surface area contributed by atoms with E-state index in [-0.39, 0.29) is 5.03 Å². The van der Waals surface area contributed by atoms with E-state index in [2.05, 4.69) is 9.71 Å². The Labute approximate surface area is 126 Å². The van der Waals surface area contributed by atoms with Gasteiger partial charge in [0.05, 0.1) is 6.10 Å². The lowest BCUT2D eigenvalue weighted by Crippen LogP contribution is -2.42. The lowest BCUT2D eigenvalue weighted by Gasteiger charge is -2.20. The summed E-state index contributed by atoms with van der Waals surface area (Å²) in [7, 11) is -3.67. The second-order valence-electron chi connectivity index (χ2n) is 5.75. The maximum Gasteiger partial charge on any atom is 0.259 e. The fraction of sp³-hybridized carbons (Fsp3) is 0.786. The summed E-state index contributed by atoms with van der Waals surface area (Å²) in [5, 5.41) is 10.1. The van der Waals surface area contributed by atoms with Crippen LogP contribution in [0.25, 0.3) is 0 Å². The van der Waals surface area contributed by atoms with E-state index in [0.29, 0.717) is 18.7 Å². The van der Waals surface area contributed by atoms with Crippen molar-refractivity contribution in [2.45, 2.75) is 76.1 Å². The predicted octanol–water partition coefficient (Wildman–Crippen LogP) is 1.57. The van der Waals surface area contributed by atoms with Gasteiger partial charge in [-0.1, -0.05) is 26.2 Å². The number of aromatic nitrogens is 2. The number of sulfonamides is 1. The van der Waals surface area contributed by atoms with Crippen LogP contribution in [0.1, 0.15) is 51.3 Å². The maximum atomic E-state index is 12.4. The molecule has 1 heterocycles. The minimum atomic E-state index is -3.67. The van der Waals surface area contributed by atoms with Crippen LogP contribution >= 0.6 is 0 Å². The van der Waals surface area contributed by atoms with Crippen LogP contribution in [-0.2, 0) is 16.6 Å². The zero-order chi connectivity index (χ0) is 15.5. The van der Waals surface area contributed by atoms with E-state index in [4.69, 9.17) is 0 Å².